The highest BCUT2D eigenvalue weighted by molar-refractivity contribution is 9.10. The number of carbonyl (C=O) groups is 1. The Morgan fingerprint density at radius 1 is 1.27 bits per heavy atom. The van der Waals surface area contributed by atoms with Crippen molar-refractivity contribution in [1.29, 1.82) is 0 Å². The van der Waals surface area contributed by atoms with Gasteiger partial charge in [-0.05, 0) is 60.1 Å². The van der Waals surface area contributed by atoms with Crippen molar-refractivity contribution in [3.63, 3.8) is 0 Å². The first-order chi connectivity index (χ1) is 15.9. The molecule has 1 atom stereocenters. The van der Waals surface area contributed by atoms with E-state index >= 15 is 0 Å². The Kier molecular flexibility index (Phi) is 6.57. The van der Waals surface area contributed by atoms with Gasteiger partial charge in [-0.15, -0.1) is 0 Å². The van der Waals surface area contributed by atoms with Crippen molar-refractivity contribution >= 4 is 39.3 Å². The van der Waals surface area contributed by atoms with Gasteiger partial charge < -0.3 is 18.6 Å². The Morgan fingerprint density at radius 3 is 2.70 bits per heavy atom. The standard InChI is InChI=1S/C23H21BrN2O6S/c1-5-31-22(28)19-12(2)25-23-26(20(19)15-10-13(29-3)6-8-16(15)30-4)21(27)17(33-23)11-14-7-9-18(24)32-14/h6-11,20H,5H2,1-4H3/b17-11-. The fourth-order valence-corrected chi connectivity index (χ4v) is 5.02. The lowest BCUT2D eigenvalue weighted by Crippen LogP contribution is -2.40. The molecule has 2 aromatic heterocycles. The number of rotatable bonds is 6. The average molecular weight is 533 g/mol. The van der Waals surface area contributed by atoms with Gasteiger partial charge in [-0.3, -0.25) is 9.36 Å². The maximum absolute atomic E-state index is 13.6. The highest BCUT2D eigenvalue weighted by Gasteiger charge is 2.35. The first-order valence-corrected chi connectivity index (χ1v) is 11.7. The summed E-state index contributed by atoms with van der Waals surface area (Å²) in [4.78, 5) is 31.6. The number of carbonyl (C=O) groups excluding carboxylic acids is 1. The van der Waals surface area contributed by atoms with Gasteiger partial charge in [-0.2, -0.15) is 0 Å². The molecule has 8 nitrogen and oxygen atoms in total. The van der Waals surface area contributed by atoms with E-state index in [-0.39, 0.29) is 17.7 Å². The molecular formula is C23H21BrN2O6S. The Balaban J connectivity index is 2.02. The van der Waals surface area contributed by atoms with Crippen LogP contribution in [0.25, 0.3) is 6.08 Å². The zero-order chi connectivity index (χ0) is 23.7. The van der Waals surface area contributed by atoms with Crippen LogP contribution in [0.1, 0.15) is 31.2 Å². The van der Waals surface area contributed by atoms with Crippen molar-refractivity contribution in [2.45, 2.75) is 19.9 Å². The lowest BCUT2D eigenvalue weighted by Gasteiger charge is -2.26. The second-order valence-corrected chi connectivity index (χ2v) is 8.84. The smallest absolute Gasteiger partial charge is 0.338 e. The van der Waals surface area contributed by atoms with Gasteiger partial charge in [0.25, 0.3) is 5.56 Å². The van der Waals surface area contributed by atoms with Crippen molar-refractivity contribution in [3.05, 3.63) is 77.3 Å². The Morgan fingerprint density at radius 2 is 2.06 bits per heavy atom. The number of aromatic nitrogens is 1. The van der Waals surface area contributed by atoms with Gasteiger partial charge in [0, 0.05) is 11.6 Å². The van der Waals surface area contributed by atoms with E-state index in [2.05, 4.69) is 20.9 Å². The van der Waals surface area contributed by atoms with Gasteiger partial charge in [0.15, 0.2) is 9.47 Å². The van der Waals surface area contributed by atoms with Crippen LogP contribution in [0, 0.1) is 0 Å². The van der Waals surface area contributed by atoms with Gasteiger partial charge in [-0.1, -0.05) is 11.3 Å². The van der Waals surface area contributed by atoms with Crippen LogP contribution < -0.4 is 24.4 Å². The molecule has 0 N–H and O–H groups in total. The molecule has 4 rings (SSSR count). The first kappa shape index (κ1) is 23.1. The number of fused-ring (bicyclic) bond motifs is 1. The number of thiazole rings is 1. The first-order valence-electron chi connectivity index (χ1n) is 10.0. The number of hydrogen-bond acceptors (Lipinski definition) is 8. The Bertz CT molecular complexity index is 1430. The fraction of sp³-hybridized carbons (Fsp3) is 0.261. The highest BCUT2D eigenvalue weighted by Crippen LogP contribution is 2.37. The largest absolute Gasteiger partial charge is 0.497 e. The number of halogens is 1. The van der Waals surface area contributed by atoms with Gasteiger partial charge in [0.1, 0.15) is 23.3 Å². The maximum Gasteiger partial charge on any atom is 0.338 e. The molecule has 172 valence electrons. The van der Waals surface area contributed by atoms with Crippen LogP contribution in [0.15, 0.2) is 60.5 Å². The number of furan rings is 1. The summed E-state index contributed by atoms with van der Waals surface area (Å²) in [6.07, 6.45) is 1.65. The zero-order valence-corrected chi connectivity index (χ0v) is 20.8. The maximum atomic E-state index is 13.6. The van der Waals surface area contributed by atoms with Crippen molar-refractivity contribution in [3.8, 4) is 11.5 Å². The number of nitrogens with zero attached hydrogens (tertiary/aromatic N) is 2. The summed E-state index contributed by atoms with van der Waals surface area (Å²) in [5, 5.41) is 0. The summed E-state index contributed by atoms with van der Waals surface area (Å²) in [6, 6.07) is 7.93. The molecule has 1 aliphatic rings. The molecule has 0 fully saturated rings. The minimum absolute atomic E-state index is 0.190. The minimum atomic E-state index is -0.809. The van der Waals surface area contributed by atoms with Crippen LogP contribution in [0.2, 0.25) is 0 Å². The molecule has 3 aromatic rings. The van der Waals surface area contributed by atoms with Crippen molar-refractivity contribution < 1.29 is 23.4 Å². The molecule has 0 amide bonds. The molecule has 3 heterocycles. The number of methoxy groups -OCH3 is 2. The fourth-order valence-electron chi connectivity index (χ4n) is 3.67. The topological polar surface area (TPSA) is 92.3 Å². The van der Waals surface area contributed by atoms with E-state index in [0.29, 0.717) is 42.5 Å². The molecule has 0 saturated carbocycles. The van der Waals surface area contributed by atoms with Crippen molar-refractivity contribution in [1.82, 2.24) is 4.57 Å². The molecule has 1 aromatic carbocycles. The average Bonchev–Trinajstić information content (AvgIpc) is 3.34. The van der Waals surface area contributed by atoms with Crippen LogP contribution >= 0.6 is 27.3 Å². The van der Waals surface area contributed by atoms with Crippen molar-refractivity contribution in [2.24, 2.45) is 4.99 Å². The van der Waals surface area contributed by atoms with E-state index in [4.69, 9.17) is 18.6 Å². The van der Waals surface area contributed by atoms with E-state index < -0.39 is 12.0 Å². The molecule has 10 heteroatoms. The quantitative estimate of drug-likeness (QED) is 0.452. The summed E-state index contributed by atoms with van der Waals surface area (Å²) >= 11 is 4.48. The molecule has 33 heavy (non-hydrogen) atoms. The summed E-state index contributed by atoms with van der Waals surface area (Å²) in [6.45, 7) is 3.65. The third-order valence-corrected chi connectivity index (χ3v) is 6.52. The van der Waals surface area contributed by atoms with Gasteiger partial charge in [0.05, 0.1) is 36.6 Å². The third-order valence-electron chi connectivity index (χ3n) is 5.12. The number of hydrogen-bond donors (Lipinski definition) is 0. The highest BCUT2D eigenvalue weighted by atomic mass is 79.9. The summed E-state index contributed by atoms with van der Waals surface area (Å²) in [5.74, 6) is 1.04. The number of allylic oxidation sites excluding steroid dienone is 1. The van der Waals surface area contributed by atoms with Gasteiger partial charge >= 0.3 is 5.97 Å². The molecule has 0 aliphatic carbocycles. The van der Waals surface area contributed by atoms with Crippen molar-refractivity contribution in [2.75, 3.05) is 20.8 Å². The minimum Gasteiger partial charge on any atom is -0.497 e. The molecule has 0 radical (unpaired) electrons. The predicted octanol–water partition coefficient (Wildman–Crippen LogP) is 3.17. The lowest BCUT2D eigenvalue weighted by atomic mass is 9.95. The number of benzene rings is 1. The van der Waals surface area contributed by atoms with E-state index in [0.717, 1.165) is 0 Å². The second-order valence-electron chi connectivity index (χ2n) is 7.05. The van der Waals surface area contributed by atoms with E-state index in [1.807, 2.05) is 0 Å². The third kappa shape index (κ3) is 4.28. The molecule has 1 aliphatic heterocycles. The van der Waals surface area contributed by atoms with Crippen LogP contribution in [0.3, 0.4) is 0 Å². The van der Waals surface area contributed by atoms with Crippen LogP contribution in [-0.4, -0.2) is 31.4 Å². The van der Waals surface area contributed by atoms with Crippen LogP contribution in [-0.2, 0) is 9.53 Å². The van der Waals surface area contributed by atoms with Crippen LogP contribution in [0.5, 0.6) is 11.5 Å². The molecule has 0 bridgehead atoms. The van der Waals surface area contributed by atoms with Gasteiger partial charge in [-0.25, -0.2) is 9.79 Å². The number of ether oxygens (including phenoxy) is 3. The molecule has 0 spiro atoms. The van der Waals surface area contributed by atoms with Crippen LogP contribution in [0.4, 0.5) is 0 Å². The summed E-state index contributed by atoms with van der Waals surface area (Å²) < 4.78 is 24.3. The Hall–Kier alpha value is -3.11. The SMILES string of the molecule is CCOC(=O)C1=C(C)N=c2s/c(=C\c3ccc(Br)o3)c(=O)n2C1c1cc(OC)ccc1OC. The van der Waals surface area contributed by atoms with E-state index in [1.54, 1.807) is 57.4 Å². The summed E-state index contributed by atoms with van der Waals surface area (Å²) in [5.41, 5.74) is 1.01. The normalized spacial score (nSPS) is 15.8. The zero-order valence-electron chi connectivity index (χ0n) is 18.4. The monoisotopic (exact) mass is 532 g/mol. The Labute approximate surface area is 201 Å². The predicted molar refractivity (Wildman–Crippen MR) is 126 cm³/mol. The lowest BCUT2D eigenvalue weighted by molar-refractivity contribution is -0.139. The summed E-state index contributed by atoms with van der Waals surface area (Å²) in [7, 11) is 3.08. The molecule has 1 unspecified atom stereocenters. The van der Waals surface area contributed by atoms with E-state index in [1.165, 1.54) is 23.0 Å². The molecular weight excluding hydrogens is 512 g/mol. The molecule has 0 saturated heterocycles. The second kappa shape index (κ2) is 9.40. The van der Waals surface area contributed by atoms with E-state index in [9.17, 15) is 9.59 Å². The number of esters is 1. The van der Waals surface area contributed by atoms with Gasteiger partial charge in [0.2, 0.25) is 0 Å².